The Hall–Kier alpha value is -3.02. The molecule has 0 bridgehead atoms. The van der Waals surface area contributed by atoms with E-state index in [2.05, 4.69) is 5.32 Å². The van der Waals surface area contributed by atoms with E-state index in [1.54, 1.807) is 42.5 Å². The highest BCUT2D eigenvalue weighted by Crippen LogP contribution is 2.15. The molecule has 21 heavy (non-hydrogen) atoms. The molecular weight excluding hydrogens is 274 g/mol. The van der Waals surface area contributed by atoms with Gasteiger partial charge in [0.05, 0.1) is 12.2 Å². The molecule has 0 fully saturated rings. The highest BCUT2D eigenvalue weighted by Gasteiger charge is 2.00. The predicted octanol–water partition coefficient (Wildman–Crippen LogP) is 1.06. The lowest BCUT2D eigenvalue weighted by molar-refractivity contribution is -0.307. The average molecular weight is 286 g/mol. The number of carbonyl (C=O) groups is 2. The first-order valence-corrected chi connectivity index (χ1v) is 6.09. The Kier molecular flexibility index (Phi) is 4.76. The molecule has 0 spiro atoms. The van der Waals surface area contributed by atoms with E-state index < -0.39 is 12.6 Å². The van der Waals surface area contributed by atoms with Crippen molar-refractivity contribution in [3.63, 3.8) is 0 Å². The second-order valence-corrected chi connectivity index (χ2v) is 4.02. The van der Waals surface area contributed by atoms with Crippen molar-refractivity contribution in [3.8, 4) is 5.75 Å². The van der Waals surface area contributed by atoms with E-state index in [-0.39, 0.29) is 5.91 Å². The monoisotopic (exact) mass is 286 g/mol. The summed E-state index contributed by atoms with van der Waals surface area (Å²) in [6.45, 7) is -0.516. The maximum Gasteiger partial charge on any atom is 0.248 e. The normalized spacial score (nSPS) is 10.5. The maximum atomic E-state index is 11.7. The summed E-state index contributed by atoms with van der Waals surface area (Å²) in [7, 11) is 0. The lowest BCUT2D eigenvalue weighted by Crippen LogP contribution is -2.28. The summed E-state index contributed by atoms with van der Waals surface area (Å²) in [5.41, 5.74) is 0.560. The number of benzene rings is 1. The van der Waals surface area contributed by atoms with Crippen LogP contribution in [-0.2, 0) is 9.59 Å². The zero-order chi connectivity index (χ0) is 15.1. The minimum absolute atomic E-state index is 0.310. The Labute approximate surface area is 120 Å². The first kappa shape index (κ1) is 14.4. The van der Waals surface area contributed by atoms with Gasteiger partial charge in [-0.3, -0.25) is 4.79 Å². The van der Waals surface area contributed by atoms with Gasteiger partial charge in [0.2, 0.25) is 5.91 Å². The molecule has 0 aliphatic carbocycles. The highest BCUT2D eigenvalue weighted by molar-refractivity contribution is 6.01. The molecule has 0 unspecified atom stereocenters. The van der Waals surface area contributed by atoms with E-state index in [0.29, 0.717) is 17.2 Å². The Morgan fingerprint density at radius 3 is 2.62 bits per heavy atom. The Morgan fingerprint density at radius 2 is 2.00 bits per heavy atom. The van der Waals surface area contributed by atoms with E-state index in [9.17, 15) is 14.7 Å². The molecular formula is C15H12NO5-. The number of ether oxygens (including phenoxy) is 1. The van der Waals surface area contributed by atoms with E-state index in [1.807, 2.05) is 0 Å². The van der Waals surface area contributed by atoms with Crippen LogP contribution in [0.2, 0.25) is 0 Å². The van der Waals surface area contributed by atoms with Gasteiger partial charge in [0.25, 0.3) is 0 Å². The fourth-order valence-electron chi connectivity index (χ4n) is 1.50. The van der Waals surface area contributed by atoms with Crippen LogP contribution in [-0.4, -0.2) is 18.5 Å². The fraction of sp³-hybridized carbons (Fsp3) is 0.0667. The van der Waals surface area contributed by atoms with Crippen LogP contribution in [0.25, 0.3) is 6.08 Å². The molecule has 1 N–H and O–H groups in total. The number of carboxylic acid groups (broad SMARTS) is 1. The third-order valence-corrected chi connectivity index (χ3v) is 2.42. The summed E-state index contributed by atoms with van der Waals surface area (Å²) in [6.07, 6.45) is 4.41. The minimum Gasteiger partial charge on any atom is -0.546 e. The predicted molar refractivity (Wildman–Crippen MR) is 73.3 cm³/mol. The van der Waals surface area contributed by atoms with Crippen molar-refractivity contribution in [1.29, 1.82) is 0 Å². The molecule has 1 aromatic carbocycles. The van der Waals surface area contributed by atoms with Crippen LogP contribution in [0.5, 0.6) is 5.75 Å². The SMILES string of the molecule is O=C([O-])COc1ccc(NC(=O)/C=C\c2ccco2)cc1. The Morgan fingerprint density at radius 1 is 1.24 bits per heavy atom. The van der Waals surface area contributed by atoms with Gasteiger partial charge >= 0.3 is 0 Å². The van der Waals surface area contributed by atoms with Gasteiger partial charge < -0.3 is 24.4 Å². The van der Waals surface area contributed by atoms with Crippen LogP contribution in [0, 0.1) is 0 Å². The minimum atomic E-state index is -1.30. The van der Waals surface area contributed by atoms with Gasteiger partial charge in [-0.1, -0.05) is 0 Å². The first-order valence-electron chi connectivity index (χ1n) is 6.09. The van der Waals surface area contributed by atoms with Crippen LogP contribution in [0.3, 0.4) is 0 Å². The lowest BCUT2D eigenvalue weighted by atomic mass is 10.3. The summed E-state index contributed by atoms with van der Waals surface area (Å²) >= 11 is 0. The van der Waals surface area contributed by atoms with Crippen molar-refractivity contribution < 1.29 is 23.8 Å². The number of hydrogen-bond donors (Lipinski definition) is 1. The molecule has 2 rings (SSSR count). The van der Waals surface area contributed by atoms with Gasteiger partial charge in [-0.2, -0.15) is 0 Å². The van der Waals surface area contributed by atoms with E-state index >= 15 is 0 Å². The Bertz CT molecular complexity index is 629. The number of hydrogen-bond acceptors (Lipinski definition) is 5. The molecule has 1 aromatic heterocycles. The second-order valence-electron chi connectivity index (χ2n) is 4.02. The molecule has 108 valence electrons. The van der Waals surface area contributed by atoms with Crippen molar-refractivity contribution in [2.24, 2.45) is 0 Å². The Balaban J connectivity index is 1.87. The number of amides is 1. The lowest BCUT2D eigenvalue weighted by Gasteiger charge is -2.07. The van der Waals surface area contributed by atoms with Crippen molar-refractivity contribution in [2.45, 2.75) is 0 Å². The molecule has 1 heterocycles. The summed E-state index contributed by atoms with van der Waals surface area (Å²) in [5.74, 6) is -0.648. The number of rotatable bonds is 6. The molecule has 1 amide bonds. The largest absolute Gasteiger partial charge is 0.546 e. The van der Waals surface area contributed by atoms with Gasteiger partial charge in [-0.15, -0.1) is 0 Å². The first-order chi connectivity index (χ1) is 10.1. The van der Waals surface area contributed by atoms with Crippen LogP contribution >= 0.6 is 0 Å². The third kappa shape index (κ3) is 4.87. The average Bonchev–Trinajstić information content (AvgIpc) is 2.98. The number of furan rings is 1. The fourth-order valence-corrected chi connectivity index (χ4v) is 1.50. The van der Waals surface area contributed by atoms with Gasteiger partial charge in [0.1, 0.15) is 18.1 Å². The summed E-state index contributed by atoms with van der Waals surface area (Å²) < 4.78 is 9.98. The van der Waals surface area contributed by atoms with Crippen LogP contribution in [0.15, 0.2) is 53.2 Å². The van der Waals surface area contributed by atoms with Crippen LogP contribution in [0.4, 0.5) is 5.69 Å². The maximum absolute atomic E-state index is 11.7. The van der Waals surface area contributed by atoms with Gasteiger partial charge in [0.15, 0.2) is 0 Å². The summed E-state index contributed by atoms with van der Waals surface area (Å²) in [5, 5.41) is 12.9. The van der Waals surface area contributed by atoms with Crippen molar-refractivity contribution in [1.82, 2.24) is 0 Å². The quantitative estimate of drug-likeness (QED) is 0.802. The van der Waals surface area contributed by atoms with Gasteiger partial charge in [-0.25, -0.2) is 0 Å². The number of anilines is 1. The third-order valence-electron chi connectivity index (χ3n) is 2.42. The highest BCUT2D eigenvalue weighted by atomic mass is 16.5. The molecule has 0 saturated heterocycles. The van der Waals surface area contributed by atoms with Crippen molar-refractivity contribution in [2.75, 3.05) is 11.9 Å². The number of carboxylic acids is 1. The molecule has 0 aliphatic rings. The van der Waals surface area contributed by atoms with Crippen molar-refractivity contribution in [3.05, 3.63) is 54.5 Å². The zero-order valence-corrected chi connectivity index (χ0v) is 10.9. The summed E-state index contributed by atoms with van der Waals surface area (Å²) in [4.78, 5) is 21.9. The number of nitrogens with one attached hydrogen (secondary N) is 1. The standard InChI is InChI=1S/C15H13NO5/c17-14(8-7-12-2-1-9-20-12)16-11-3-5-13(6-4-11)21-10-15(18)19/h1-9H,10H2,(H,16,17)(H,18,19)/p-1/b8-7-. The molecule has 0 saturated carbocycles. The molecule has 6 nitrogen and oxygen atoms in total. The smallest absolute Gasteiger partial charge is 0.248 e. The van der Waals surface area contributed by atoms with E-state index in [1.165, 1.54) is 12.3 Å². The van der Waals surface area contributed by atoms with E-state index in [4.69, 9.17) is 9.15 Å². The van der Waals surface area contributed by atoms with Gasteiger partial charge in [-0.05, 0) is 42.5 Å². The van der Waals surface area contributed by atoms with Crippen LogP contribution in [0.1, 0.15) is 5.76 Å². The molecule has 0 atom stereocenters. The molecule has 0 aliphatic heterocycles. The molecule has 2 aromatic rings. The summed E-state index contributed by atoms with van der Waals surface area (Å²) in [6, 6.07) is 9.76. The second kappa shape index (κ2) is 6.95. The van der Waals surface area contributed by atoms with Gasteiger partial charge in [0, 0.05) is 11.8 Å². The topological polar surface area (TPSA) is 91.6 Å². The zero-order valence-electron chi connectivity index (χ0n) is 10.9. The number of carbonyl (C=O) groups excluding carboxylic acids is 2. The van der Waals surface area contributed by atoms with E-state index in [0.717, 1.165) is 0 Å². The molecule has 0 radical (unpaired) electrons. The van der Waals surface area contributed by atoms with Crippen molar-refractivity contribution >= 4 is 23.6 Å². The molecule has 6 heteroatoms. The number of aliphatic carboxylic acids is 1. The van der Waals surface area contributed by atoms with Crippen LogP contribution < -0.4 is 15.2 Å².